The molecule has 94 valence electrons. The minimum absolute atomic E-state index is 0.00148. The van der Waals surface area contributed by atoms with Crippen LogP contribution in [-0.4, -0.2) is 40.8 Å². The van der Waals surface area contributed by atoms with E-state index in [0.717, 1.165) is 32.4 Å². The number of aromatic nitrogens is 2. The largest absolute Gasteiger partial charge is 0.477 e. The van der Waals surface area contributed by atoms with Crippen LogP contribution in [0, 0.1) is 0 Å². The summed E-state index contributed by atoms with van der Waals surface area (Å²) in [6.45, 7) is 4.40. The number of amides is 1. The Morgan fingerprint density at radius 2 is 2.47 bits per heavy atom. The maximum absolute atomic E-state index is 12.2. The number of rotatable bonds is 4. The fourth-order valence-electron chi connectivity index (χ4n) is 1.92. The molecule has 1 aromatic heterocycles. The van der Waals surface area contributed by atoms with E-state index in [0.29, 0.717) is 18.1 Å². The van der Waals surface area contributed by atoms with Gasteiger partial charge in [-0.2, -0.15) is 5.10 Å². The van der Waals surface area contributed by atoms with Crippen molar-refractivity contribution in [2.24, 2.45) is 0 Å². The van der Waals surface area contributed by atoms with Crippen LogP contribution in [0.2, 0.25) is 0 Å². The highest BCUT2D eigenvalue weighted by Crippen LogP contribution is 2.23. The lowest BCUT2D eigenvalue weighted by Gasteiger charge is -2.19. The molecular formula is C12H19N3O2. The number of aryl methyl sites for hydroxylation is 1. The predicted octanol–water partition coefficient (Wildman–Crippen LogP) is 1.54. The Balaban J connectivity index is 2.11. The van der Waals surface area contributed by atoms with Crippen LogP contribution in [0.25, 0.3) is 0 Å². The van der Waals surface area contributed by atoms with Gasteiger partial charge in [-0.25, -0.2) is 4.68 Å². The molecule has 0 spiro atoms. The van der Waals surface area contributed by atoms with Crippen molar-refractivity contribution in [3.8, 4) is 5.88 Å². The fourth-order valence-corrected chi connectivity index (χ4v) is 1.92. The van der Waals surface area contributed by atoms with Crippen LogP contribution in [0.1, 0.15) is 36.5 Å². The van der Waals surface area contributed by atoms with Crippen molar-refractivity contribution in [3.63, 3.8) is 0 Å². The fraction of sp³-hybridized carbons (Fsp3) is 0.667. The molecule has 0 saturated carbocycles. The average Bonchev–Trinajstić information content (AvgIpc) is 2.78. The monoisotopic (exact) mass is 237 g/mol. The smallest absolute Gasteiger partial charge is 0.260 e. The Labute approximate surface area is 101 Å². The normalized spacial score (nSPS) is 14.0. The molecule has 1 aromatic rings. The molecule has 0 radical (unpaired) electrons. The molecule has 0 bridgehead atoms. The molecule has 0 aromatic carbocycles. The maximum atomic E-state index is 12.2. The summed E-state index contributed by atoms with van der Waals surface area (Å²) in [5, 5.41) is 4.18. The zero-order chi connectivity index (χ0) is 12.3. The molecule has 0 atom stereocenters. The summed E-state index contributed by atoms with van der Waals surface area (Å²) < 4.78 is 7.29. The van der Waals surface area contributed by atoms with Gasteiger partial charge in [0.05, 0.1) is 12.8 Å². The minimum Gasteiger partial charge on any atom is -0.477 e. The lowest BCUT2D eigenvalue weighted by Crippen LogP contribution is -2.28. The quantitative estimate of drug-likeness (QED) is 0.798. The number of ether oxygens (including phenoxy) is 1. The van der Waals surface area contributed by atoms with Gasteiger partial charge in [0.1, 0.15) is 5.56 Å². The maximum Gasteiger partial charge on any atom is 0.260 e. The zero-order valence-corrected chi connectivity index (χ0v) is 10.5. The van der Waals surface area contributed by atoms with Crippen molar-refractivity contribution in [1.82, 2.24) is 14.7 Å². The minimum atomic E-state index is 0.00148. The standard InChI is InChI=1S/C12H19N3O2/c1-3-4-6-14(2)11(16)10-9-13-15-7-5-8-17-12(10)15/h9H,3-8H2,1-2H3. The predicted molar refractivity (Wildman–Crippen MR) is 64.2 cm³/mol. The van der Waals surface area contributed by atoms with Crippen LogP contribution in [0.5, 0.6) is 5.88 Å². The molecule has 0 N–H and O–H groups in total. The number of nitrogens with zero attached hydrogens (tertiary/aromatic N) is 3. The van der Waals surface area contributed by atoms with Gasteiger partial charge < -0.3 is 9.64 Å². The Kier molecular flexibility index (Phi) is 3.66. The van der Waals surface area contributed by atoms with Gasteiger partial charge in [0.15, 0.2) is 0 Å². The second-order valence-corrected chi connectivity index (χ2v) is 4.37. The van der Waals surface area contributed by atoms with Gasteiger partial charge in [0.25, 0.3) is 5.91 Å². The van der Waals surface area contributed by atoms with E-state index in [1.807, 2.05) is 7.05 Å². The molecule has 0 saturated heterocycles. The number of hydrogen-bond donors (Lipinski definition) is 0. The van der Waals surface area contributed by atoms with Crippen molar-refractivity contribution < 1.29 is 9.53 Å². The first-order chi connectivity index (χ1) is 8.24. The number of unbranched alkanes of at least 4 members (excludes halogenated alkanes) is 1. The van der Waals surface area contributed by atoms with Gasteiger partial charge in [0.2, 0.25) is 5.88 Å². The first-order valence-electron chi connectivity index (χ1n) is 6.18. The van der Waals surface area contributed by atoms with Crippen LogP contribution in [0.15, 0.2) is 6.20 Å². The molecule has 5 nitrogen and oxygen atoms in total. The Morgan fingerprint density at radius 3 is 3.24 bits per heavy atom. The van der Waals surface area contributed by atoms with Gasteiger partial charge >= 0.3 is 0 Å². The molecule has 0 aliphatic carbocycles. The topological polar surface area (TPSA) is 47.4 Å². The lowest BCUT2D eigenvalue weighted by atomic mass is 10.2. The molecule has 1 aliphatic rings. The van der Waals surface area contributed by atoms with Crippen molar-refractivity contribution >= 4 is 5.91 Å². The second-order valence-electron chi connectivity index (χ2n) is 4.37. The van der Waals surface area contributed by atoms with Crippen molar-refractivity contribution in [2.45, 2.75) is 32.7 Å². The third-order valence-electron chi connectivity index (χ3n) is 2.97. The second kappa shape index (κ2) is 5.21. The van der Waals surface area contributed by atoms with Crippen molar-refractivity contribution in [2.75, 3.05) is 20.2 Å². The average molecular weight is 237 g/mol. The van der Waals surface area contributed by atoms with E-state index >= 15 is 0 Å². The SMILES string of the molecule is CCCCN(C)C(=O)c1cnn2c1OCCC2. The highest BCUT2D eigenvalue weighted by Gasteiger charge is 2.23. The molecule has 2 heterocycles. The third-order valence-corrected chi connectivity index (χ3v) is 2.97. The van der Waals surface area contributed by atoms with Crippen LogP contribution >= 0.6 is 0 Å². The summed E-state index contributed by atoms with van der Waals surface area (Å²) >= 11 is 0. The summed E-state index contributed by atoms with van der Waals surface area (Å²) in [5.74, 6) is 0.631. The molecule has 5 heteroatoms. The summed E-state index contributed by atoms with van der Waals surface area (Å²) in [6.07, 6.45) is 4.67. The Morgan fingerprint density at radius 1 is 1.65 bits per heavy atom. The number of carbonyl (C=O) groups excluding carboxylic acids is 1. The van der Waals surface area contributed by atoms with Gasteiger partial charge in [0, 0.05) is 26.6 Å². The summed E-state index contributed by atoms with van der Waals surface area (Å²) in [4.78, 5) is 13.9. The number of fused-ring (bicyclic) bond motifs is 1. The zero-order valence-electron chi connectivity index (χ0n) is 10.5. The number of carbonyl (C=O) groups is 1. The van der Waals surface area contributed by atoms with Gasteiger partial charge in [-0.1, -0.05) is 13.3 Å². The van der Waals surface area contributed by atoms with Gasteiger partial charge in [-0.3, -0.25) is 4.79 Å². The van der Waals surface area contributed by atoms with E-state index in [1.54, 1.807) is 15.8 Å². The Hall–Kier alpha value is -1.52. The molecule has 1 amide bonds. The van der Waals surface area contributed by atoms with Gasteiger partial charge in [-0.15, -0.1) is 0 Å². The molecule has 0 fully saturated rings. The van der Waals surface area contributed by atoms with E-state index in [4.69, 9.17) is 4.74 Å². The van der Waals surface area contributed by atoms with Gasteiger partial charge in [-0.05, 0) is 6.42 Å². The molecular weight excluding hydrogens is 218 g/mol. The van der Waals surface area contributed by atoms with Crippen molar-refractivity contribution in [3.05, 3.63) is 11.8 Å². The highest BCUT2D eigenvalue weighted by atomic mass is 16.5. The summed E-state index contributed by atoms with van der Waals surface area (Å²) in [7, 11) is 1.82. The van der Waals surface area contributed by atoms with E-state index < -0.39 is 0 Å². The third kappa shape index (κ3) is 2.43. The summed E-state index contributed by atoms with van der Waals surface area (Å²) in [6, 6.07) is 0. The van der Waals surface area contributed by atoms with Crippen LogP contribution in [0.3, 0.4) is 0 Å². The number of hydrogen-bond acceptors (Lipinski definition) is 3. The highest BCUT2D eigenvalue weighted by molar-refractivity contribution is 5.96. The van der Waals surface area contributed by atoms with E-state index in [1.165, 1.54) is 0 Å². The Bertz CT molecular complexity index is 400. The molecule has 2 rings (SSSR count). The van der Waals surface area contributed by atoms with E-state index in [2.05, 4.69) is 12.0 Å². The summed E-state index contributed by atoms with van der Waals surface area (Å²) in [5.41, 5.74) is 0.586. The van der Waals surface area contributed by atoms with Crippen LogP contribution in [0.4, 0.5) is 0 Å². The molecule has 1 aliphatic heterocycles. The first kappa shape index (κ1) is 12.0. The van der Waals surface area contributed by atoms with E-state index in [9.17, 15) is 4.79 Å². The first-order valence-corrected chi connectivity index (χ1v) is 6.18. The van der Waals surface area contributed by atoms with Crippen LogP contribution in [-0.2, 0) is 6.54 Å². The van der Waals surface area contributed by atoms with Crippen LogP contribution < -0.4 is 4.74 Å². The van der Waals surface area contributed by atoms with Crippen molar-refractivity contribution in [1.29, 1.82) is 0 Å². The molecule has 17 heavy (non-hydrogen) atoms. The lowest BCUT2D eigenvalue weighted by molar-refractivity contribution is 0.0786. The molecule has 0 unspecified atom stereocenters. The van der Waals surface area contributed by atoms with E-state index in [-0.39, 0.29) is 5.91 Å².